The van der Waals surface area contributed by atoms with Crippen LogP contribution in [0, 0.1) is 29.9 Å². The highest BCUT2D eigenvalue weighted by Crippen LogP contribution is 2.39. The highest BCUT2D eigenvalue weighted by Gasteiger charge is 2.45. The van der Waals surface area contributed by atoms with E-state index in [1.807, 2.05) is 64.4 Å². The standard InChI is InChI=1S/C57H68F2N10O7S/c1-31-25-67(45(31)29-76-56-65-50-42(53(66-56)68-26-37-15-16-38(27-68)63-37)24-60-49(48(50)59)41-22-39(70)21-36-9-7-10-43(58)47(36)41)18-8-19-75-20-17-46(72)64-52(57(4,5)6)55(74)69-28-40(71)23-44(69)54(73)62-32(2)34-11-13-35(14-12-34)51-33(3)61-30-77-51/h7,9-14,21-22,24,30-32,37-38,40,44-45,52,63,70-71H,8,15-20,23,25-29H2,1-6H3,(H,62,73)(H,64,72)/t31-,32+,37?,38?,40-,44+,45-,52-/m1/s1. The summed E-state index contributed by atoms with van der Waals surface area (Å²) < 4.78 is 44.5. The van der Waals surface area contributed by atoms with Crippen molar-refractivity contribution in [3.63, 3.8) is 0 Å². The molecule has 2 bridgehead atoms. The average Bonchev–Trinajstić information content (AvgIpc) is 4.13. The maximum Gasteiger partial charge on any atom is 0.319 e. The molecule has 4 fully saturated rings. The van der Waals surface area contributed by atoms with Gasteiger partial charge < -0.3 is 45.4 Å². The number of aliphatic hydroxyl groups excluding tert-OH is 1. The number of aryl methyl sites for hydroxylation is 1. The second kappa shape index (κ2) is 22.5. The lowest BCUT2D eigenvalue weighted by Gasteiger charge is -2.46. The summed E-state index contributed by atoms with van der Waals surface area (Å²) in [5, 5.41) is 31.8. The lowest BCUT2D eigenvalue weighted by molar-refractivity contribution is -0.144. The molecule has 0 spiro atoms. The number of nitrogens with one attached hydrogen (secondary N) is 3. The molecule has 4 saturated heterocycles. The monoisotopic (exact) mass is 1070 g/mol. The Morgan fingerprint density at radius 1 is 0.974 bits per heavy atom. The number of phenols is 1. The third kappa shape index (κ3) is 11.6. The number of aliphatic hydroxyl groups is 1. The molecule has 4 aliphatic rings. The van der Waals surface area contributed by atoms with E-state index in [1.54, 1.807) is 17.4 Å². The number of hydrogen-bond acceptors (Lipinski definition) is 15. The third-order valence-electron chi connectivity index (χ3n) is 15.6. The largest absolute Gasteiger partial charge is 0.508 e. The number of nitrogens with zero attached hydrogens (tertiary/aromatic N) is 7. The number of thiazole rings is 1. The van der Waals surface area contributed by atoms with Gasteiger partial charge >= 0.3 is 6.01 Å². The van der Waals surface area contributed by atoms with E-state index in [0.29, 0.717) is 55.2 Å². The summed E-state index contributed by atoms with van der Waals surface area (Å²) in [4.78, 5) is 66.6. The first kappa shape index (κ1) is 53.9. The fraction of sp³-hybridized carbons (Fsp3) is 0.491. The summed E-state index contributed by atoms with van der Waals surface area (Å²) in [7, 11) is 0. The quantitative estimate of drug-likeness (QED) is 0.0547. The number of benzene rings is 3. The van der Waals surface area contributed by atoms with Gasteiger partial charge in [-0.3, -0.25) is 24.3 Å². The van der Waals surface area contributed by atoms with Crippen molar-refractivity contribution in [3.05, 3.63) is 89.2 Å². The van der Waals surface area contributed by atoms with Crippen molar-refractivity contribution >= 4 is 56.6 Å². The number of halogens is 2. The van der Waals surface area contributed by atoms with Crippen LogP contribution in [-0.4, -0.2) is 147 Å². The van der Waals surface area contributed by atoms with Crippen LogP contribution >= 0.6 is 11.3 Å². The number of ether oxygens (including phenoxy) is 2. The minimum absolute atomic E-state index is 0.00901. The maximum atomic E-state index is 16.9. The SMILES string of the molecule is Cc1ncsc1-c1ccc([C@H](C)NC(=O)[C@@H]2C[C@@H](O)CN2C(=O)[C@@H](NC(=O)CCOCCCN2C[C@@H](C)[C@H]2COc2nc(N3CC4CCC(C3)N4)c3cnc(-c4cc(O)cc5cccc(F)c45)c(F)c3n2)C(C)(C)C)cc1. The summed E-state index contributed by atoms with van der Waals surface area (Å²) in [6, 6.07) is 13.5. The van der Waals surface area contributed by atoms with E-state index in [-0.39, 0.29) is 103 Å². The number of aromatic hydroxyl groups is 1. The van der Waals surface area contributed by atoms with Gasteiger partial charge in [-0.25, -0.2) is 13.8 Å². The Labute approximate surface area is 450 Å². The van der Waals surface area contributed by atoms with Crippen molar-refractivity contribution in [1.82, 2.24) is 45.7 Å². The zero-order chi connectivity index (χ0) is 54.3. The van der Waals surface area contributed by atoms with Gasteiger partial charge in [-0.05, 0) is 79.2 Å². The van der Waals surface area contributed by atoms with Crippen molar-refractivity contribution in [2.24, 2.45) is 11.3 Å². The minimum atomic E-state index is -0.961. The molecule has 0 saturated carbocycles. The van der Waals surface area contributed by atoms with Crippen LogP contribution in [0.5, 0.6) is 11.8 Å². The van der Waals surface area contributed by atoms with Crippen molar-refractivity contribution < 1.29 is 42.9 Å². The molecule has 5 N–H and O–H groups in total. The Kier molecular flexibility index (Phi) is 15.8. The fourth-order valence-electron chi connectivity index (χ4n) is 11.5. The molecule has 408 valence electrons. The summed E-state index contributed by atoms with van der Waals surface area (Å²) in [6.45, 7) is 15.2. The van der Waals surface area contributed by atoms with Crippen LogP contribution in [0.2, 0.25) is 0 Å². The molecule has 4 aliphatic heterocycles. The van der Waals surface area contributed by atoms with Gasteiger partial charge in [0.15, 0.2) is 5.82 Å². The molecule has 2 unspecified atom stereocenters. The van der Waals surface area contributed by atoms with E-state index < -0.39 is 41.1 Å². The van der Waals surface area contributed by atoms with Crippen molar-refractivity contribution in [1.29, 1.82) is 0 Å². The summed E-state index contributed by atoms with van der Waals surface area (Å²) in [6.07, 6.45) is 3.47. The predicted molar refractivity (Wildman–Crippen MR) is 290 cm³/mol. The molecule has 17 nitrogen and oxygen atoms in total. The minimum Gasteiger partial charge on any atom is -0.508 e. The Hall–Kier alpha value is -6.45. The van der Waals surface area contributed by atoms with Crippen molar-refractivity contribution in [3.8, 4) is 33.5 Å². The molecule has 77 heavy (non-hydrogen) atoms. The molecule has 20 heteroatoms. The molecule has 3 amide bonds. The lowest BCUT2D eigenvalue weighted by atomic mass is 9.85. The number of rotatable bonds is 18. The normalized spacial score (nSPS) is 22.3. The van der Waals surface area contributed by atoms with Gasteiger partial charge in [-0.2, -0.15) is 9.97 Å². The molecule has 8 atom stereocenters. The number of amides is 3. The molecule has 6 aromatic rings. The molecule has 3 aromatic carbocycles. The number of aromatic nitrogens is 4. The molecule has 10 rings (SSSR count). The van der Waals surface area contributed by atoms with E-state index in [9.17, 15) is 24.6 Å². The number of pyridine rings is 1. The van der Waals surface area contributed by atoms with Gasteiger partial charge in [0.2, 0.25) is 17.7 Å². The number of β-amino-alcohol motifs (C(OH)–C–C–N with tert-alkyl or cyclic N) is 1. The second-order valence-corrected chi connectivity index (χ2v) is 23.2. The first-order valence-electron chi connectivity index (χ1n) is 26.7. The number of carbonyl (C=O) groups is 3. The molecular weight excluding hydrogens is 1010 g/mol. The van der Waals surface area contributed by atoms with E-state index in [1.165, 1.54) is 35.4 Å². The molecule has 0 radical (unpaired) electrons. The van der Waals surface area contributed by atoms with Gasteiger partial charge in [0, 0.05) is 87.4 Å². The van der Waals surface area contributed by atoms with Crippen molar-refractivity contribution in [2.45, 2.75) is 116 Å². The number of piperazine rings is 1. The zero-order valence-corrected chi connectivity index (χ0v) is 45.2. The highest BCUT2D eigenvalue weighted by molar-refractivity contribution is 7.13. The van der Waals surface area contributed by atoms with E-state index in [4.69, 9.17) is 14.5 Å². The van der Waals surface area contributed by atoms with Gasteiger partial charge in [-0.15, -0.1) is 11.3 Å². The first-order valence-corrected chi connectivity index (χ1v) is 27.6. The van der Waals surface area contributed by atoms with Crippen LogP contribution in [0.25, 0.3) is 43.4 Å². The first-order chi connectivity index (χ1) is 36.9. The van der Waals surface area contributed by atoms with Gasteiger partial charge in [0.25, 0.3) is 0 Å². The number of likely N-dealkylation sites (tertiary alicyclic amines) is 2. The van der Waals surface area contributed by atoms with Crippen LogP contribution in [0.4, 0.5) is 14.6 Å². The van der Waals surface area contributed by atoms with E-state index >= 15 is 8.78 Å². The second-order valence-electron chi connectivity index (χ2n) is 22.3. The number of anilines is 1. The third-order valence-corrected chi connectivity index (χ3v) is 16.6. The van der Waals surface area contributed by atoms with Crippen LogP contribution in [0.15, 0.2) is 66.3 Å². The number of hydrogen-bond donors (Lipinski definition) is 5. The molecule has 3 aromatic heterocycles. The Morgan fingerprint density at radius 3 is 2.45 bits per heavy atom. The lowest BCUT2D eigenvalue weighted by Crippen LogP contribution is -2.58. The number of carbonyl (C=O) groups excluding carboxylic acids is 3. The zero-order valence-electron chi connectivity index (χ0n) is 44.4. The fourth-order valence-corrected chi connectivity index (χ4v) is 12.3. The number of fused-ring (bicyclic) bond motifs is 4. The topological polar surface area (TPSA) is 208 Å². The smallest absolute Gasteiger partial charge is 0.319 e. The predicted octanol–water partition coefficient (Wildman–Crippen LogP) is 7.07. The Bertz CT molecular complexity index is 3150. The average molecular weight is 1080 g/mol. The highest BCUT2D eigenvalue weighted by atomic mass is 32.1. The molecule has 7 heterocycles. The van der Waals surface area contributed by atoms with Crippen LogP contribution in [0.1, 0.15) is 84.0 Å². The van der Waals surface area contributed by atoms with Crippen LogP contribution < -0.4 is 25.6 Å². The van der Waals surface area contributed by atoms with E-state index in [2.05, 4.69) is 47.6 Å². The van der Waals surface area contributed by atoms with Crippen molar-refractivity contribution in [2.75, 3.05) is 57.4 Å². The Balaban J connectivity index is 0.724. The Morgan fingerprint density at radius 2 is 1.74 bits per heavy atom. The maximum absolute atomic E-state index is 16.9. The number of phenolic OH excluding ortho intramolecular Hbond substituents is 1. The summed E-state index contributed by atoms with van der Waals surface area (Å²) in [5.74, 6) is -1.85. The summed E-state index contributed by atoms with van der Waals surface area (Å²) in [5.41, 5.74) is 3.95. The molecule has 0 aliphatic carbocycles. The van der Waals surface area contributed by atoms with E-state index in [0.717, 1.165) is 41.1 Å². The van der Waals surface area contributed by atoms with Gasteiger partial charge in [0.05, 0.1) is 40.2 Å². The molecular formula is C57H68F2N10O7S. The van der Waals surface area contributed by atoms with Gasteiger partial charge in [-0.1, -0.05) is 64.1 Å². The summed E-state index contributed by atoms with van der Waals surface area (Å²) >= 11 is 1.57. The van der Waals surface area contributed by atoms with Crippen LogP contribution in [-0.2, 0) is 19.1 Å². The van der Waals surface area contributed by atoms with Crippen LogP contribution in [0.3, 0.4) is 0 Å². The van der Waals surface area contributed by atoms with Gasteiger partial charge in [0.1, 0.15) is 47.3 Å².